The number of hydrogen-bond acceptors (Lipinski definition) is 3. The first-order chi connectivity index (χ1) is 9.06. The molecule has 3 N–H and O–H groups in total. The number of carbonyl (C=O) groups is 3. The molecule has 0 aromatic rings. The maximum absolute atomic E-state index is 11.9. The minimum Gasteiger partial charge on any atom is -0.357 e. The van der Waals surface area contributed by atoms with Gasteiger partial charge in [-0.15, -0.1) is 0 Å². The van der Waals surface area contributed by atoms with E-state index >= 15 is 0 Å². The molecule has 0 bridgehead atoms. The fourth-order valence-electron chi connectivity index (χ4n) is 2.33. The molecule has 116 valence electrons. The Balaban J connectivity index is 4.88. The van der Waals surface area contributed by atoms with Crippen molar-refractivity contribution in [3.63, 3.8) is 0 Å². The highest BCUT2D eigenvalue weighted by Crippen LogP contribution is 2.21. The largest absolute Gasteiger partial charge is 0.357 e. The zero-order valence-electron chi connectivity index (χ0n) is 13.3. The average Bonchev–Trinajstić information content (AvgIpc) is 2.24. The Morgan fingerprint density at radius 1 is 1.20 bits per heavy atom. The first-order valence-corrected chi connectivity index (χ1v) is 6.81. The third-order valence-corrected chi connectivity index (χ3v) is 2.97. The van der Waals surface area contributed by atoms with Crippen LogP contribution < -0.4 is 16.0 Å². The van der Waals surface area contributed by atoms with Gasteiger partial charge in [0.25, 0.3) is 0 Å². The van der Waals surface area contributed by atoms with Gasteiger partial charge >= 0.3 is 0 Å². The van der Waals surface area contributed by atoms with Crippen LogP contribution in [-0.2, 0) is 14.4 Å². The van der Waals surface area contributed by atoms with Crippen molar-refractivity contribution in [3.8, 4) is 0 Å². The molecule has 3 amide bonds. The molecule has 0 saturated carbocycles. The summed E-state index contributed by atoms with van der Waals surface area (Å²) in [4.78, 5) is 34.5. The highest BCUT2D eigenvalue weighted by molar-refractivity contribution is 5.87. The van der Waals surface area contributed by atoms with Crippen molar-refractivity contribution in [3.05, 3.63) is 0 Å². The molecule has 0 aromatic carbocycles. The third-order valence-electron chi connectivity index (χ3n) is 2.97. The predicted molar refractivity (Wildman–Crippen MR) is 78.0 cm³/mol. The SMILES string of the molecule is CNC(=O)C(C)(CC(C)(C)NC(=O)CC(C)C)NC=O. The summed E-state index contributed by atoms with van der Waals surface area (Å²) < 4.78 is 0. The molecule has 20 heavy (non-hydrogen) atoms. The molecule has 0 aliphatic heterocycles. The molecule has 0 rings (SSSR count). The quantitative estimate of drug-likeness (QED) is 0.570. The monoisotopic (exact) mass is 285 g/mol. The number of rotatable bonds is 8. The predicted octanol–water partition coefficient (Wildman–Crippen LogP) is 0.568. The average molecular weight is 285 g/mol. The Morgan fingerprint density at radius 2 is 1.75 bits per heavy atom. The molecule has 0 aliphatic carbocycles. The normalized spacial score (nSPS) is 14.3. The van der Waals surface area contributed by atoms with Crippen molar-refractivity contribution >= 4 is 18.2 Å². The smallest absolute Gasteiger partial charge is 0.245 e. The molecule has 0 heterocycles. The molecule has 0 aromatic heterocycles. The summed E-state index contributed by atoms with van der Waals surface area (Å²) in [5.41, 5.74) is -1.67. The van der Waals surface area contributed by atoms with Gasteiger partial charge in [-0.05, 0) is 26.7 Å². The van der Waals surface area contributed by atoms with Gasteiger partial charge < -0.3 is 16.0 Å². The highest BCUT2D eigenvalue weighted by atomic mass is 16.2. The van der Waals surface area contributed by atoms with Gasteiger partial charge in [0.05, 0.1) is 0 Å². The van der Waals surface area contributed by atoms with Gasteiger partial charge in [-0.25, -0.2) is 0 Å². The van der Waals surface area contributed by atoms with Crippen molar-refractivity contribution < 1.29 is 14.4 Å². The lowest BCUT2D eigenvalue weighted by molar-refractivity contribution is -0.131. The van der Waals surface area contributed by atoms with Gasteiger partial charge in [0.15, 0.2) is 0 Å². The van der Waals surface area contributed by atoms with Gasteiger partial charge in [0.1, 0.15) is 5.54 Å². The summed E-state index contributed by atoms with van der Waals surface area (Å²) in [5, 5.41) is 7.97. The summed E-state index contributed by atoms with van der Waals surface area (Å²) in [6, 6.07) is 0. The topological polar surface area (TPSA) is 87.3 Å². The Morgan fingerprint density at radius 3 is 2.15 bits per heavy atom. The molecule has 0 radical (unpaired) electrons. The van der Waals surface area contributed by atoms with Crippen LogP contribution in [0.4, 0.5) is 0 Å². The third kappa shape index (κ3) is 6.04. The summed E-state index contributed by atoms with van der Waals surface area (Å²) in [6.07, 6.45) is 1.23. The van der Waals surface area contributed by atoms with E-state index in [-0.39, 0.29) is 17.7 Å². The Bertz CT molecular complexity index is 367. The summed E-state index contributed by atoms with van der Waals surface area (Å²) in [5.74, 6) is -0.0876. The Hall–Kier alpha value is -1.59. The second-order valence-corrected chi connectivity index (χ2v) is 6.38. The van der Waals surface area contributed by atoms with E-state index in [1.165, 1.54) is 7.05 Å². The number of carbonyl (C=O) groups excluding carboxylic acids is 3. The molecule has 1 unspecified atom stereocenters. The lowest BCUT2D eigenvalue weighted by Crippen LogP contribution is -2.60. The summed E-state index contributed by atoms with van der Waals surface area (Å²) >= 11 is 0. The zero-order chi connectivity index (χ0) is 16.0. The van der Waals surface area contributed by atoms with Crippen LogP contribution in [0.2, 0.25) is 0 Å². The van der Waals surface area contributed by atoms with Crippen LogP contribution >= 0.6 is 0 Å². The number of likely N-dealkylation sites (N-methyl/N-ethyl adjacent to an activating group) is 1. The molecule has 6 nitrogen and oxygen atoms in total. The Kier molecular flexibility index (Phi) is 6.68. The molecule has 0 aliphatic rings. The minimum atomic E-state index is -1.06. The standard InChI is InChI=1S/C14H27N3O3/c1-10(2)7-11(19)17-13(3,4)8-14(5,16-9-18)12(20)15-6/h9-10H,7-8H2,1-6H3,(H,15,20)(H,16,18)(H,17,19). The zero-order valence-corrected chi connectivity index (χ0v) is 13.3. The number of hydrogen-bond donors (Lipinski definition) is 3. The molecule has 0 spiro atoms. The van der Waals surface area contributed by atoms with Gasteiger partial charge in [0.2, 0.25) is 18.2 Å². The van der Waals surface area contributed by atoms with E-state index in [2.05, 4.69) is 16.0 Å². The van der Waals surface area contributed by atoms with Gasteiger partial charge in [0, 0.05) is 25.4 Å². The van der Waals surface area contributed by atoms with E-state index in [4.69, 9.17) is 0 Å². The second-order valence-electron chi connectivity index (χ2n) is 6.38. The van der Waals surface area contributed by atoms with E-state index in [9.17, 15) is 14.4 Å². The first kappa shape index (κ1) is 18.4. The maximum Gasteiger partial charge on any atom is 0.245 e. The van der Waals surface area contributed by atoms with E-state index in [0.717, 1.165) is 0 Å². The first-order valence-electron chi connectivity index (χ1n) is 6.81. The van der Waals surface area contributed by atoms with Crippen molar-refractivity contribution in [2.24, 2.45) is 5.92 Å². The van der Waals surface area contributed by atoms with Crippen LogP contribution in [0.15, 0.2) is 0 Å². The fraction of sp³-hybridized carbons (Fsp3) is 0.786. The van der Waals surface area contributed by atoms with Crippen LogP contribution in [0.25, 0.3) is 0 Å². The fourth-order valence-corrected chi connectivity index (χ4v) is 2.33. The Labute approximate surface area is 121 Å². The molecule has 0 fully saturated rings. The van der Waals surface area contributed by atoms with E-state index in [1.54, 1.807) is 6.92 Å². The van der Waals surface area contributed by atoms with E-state index < -0.39 is 11.1 Å². The van der Waals surface area contributed by atoms with Gasteiger partial charge in [-0.3, -0.25) is 14.4 Å². The van der Waals surface area contributed by atoms with Crippen molar-refractivity contribution in [2.45, 2.75) is 58.5 Å². The van der Waals surface area contributed by atoms with Crippen LogP contribution in [0, 0.1) is 5.92 Å². The minimum absolute atomic E-state index is 0.0599. The summed E-state index contributed by atoms with van der Waals surface area (Å²) in [7, 11) is 1.51. The second kappa shape index (κ2) is 7.26. The van der Waals surface area contributed by atoms with Crippen LogP contribution in [0.5, 0.6) is 0 Å². The molecule has 6 heteroatoms. The van der Waals surface area contributed by atoms with Crippen LogP contribution in [0.3, 0.4) is 0 Å². The molecular formula is C14H27N3O3. The highest BCUT2D eigenvalue weighted by Gasteiger charge is 2.38. The molecule has 0 saturated heterocycles. The molecule has 1 atom stereocenters. The lowest BCUT2D eigenvalue weighted by Gasteiger charge is -2.36. The van der Waals surface area contributed by atoms with Crippen molar-refractivity contribution in [2.75, 3.05) is 7.05 Å². The van der Waals surface area contributed by atoms with E-state index in [1.807, 2.05) is 27.7 Å². The number of nitrogens with one attached hydrogen (secondary N) is 3. The van der Waals surface area contributed by atoms with Gasteiger partial charge in [-0.1, -0.05) is 13.8 Å². The van der Waals surface area contributed by atoms with E-state index in [0.29, 0.717) is 19.3 Å². The molecular weight excluding hydrogens is 258 g/mol. The van der Waals surface area contributed by atoms with Crippen molar-refractivity contribution in [1.82, 2.24) is 16.0 Å². The number of amides is 3. The van der Waals surface area contributed by atoms with Crippen molar-refractivity contribution in [1.29, 1.82) is 0 Å². The van der Waals surface area contributed by atoms with Gasteiger partial charge in [-0.2, -0.15) is 0 Å². The summed E-state index contributed by atoms with van der Waals surface area (Å²) in [6.45, 7) is 9.23. The van der Waals surface area contributed by atoms with Crippen LogP contribution in [-0.4, -0.2) is 36.3 Å². The maximum atomic E-state index is 11.9. The lowest BCUT2D eigenvalue weighted by atomic mass is 9.84. The van der Waals surface area contributed by atoms with Crippen LogP contribution in [0.1, 0.15) is 47.5 Å².